The van der Waals surface area contributed by atoms with Gasteiger partial charge in [-0.1, -0.05) is 18.9 Å². The van der Waals surface area contributed by atoms with Crippen LogP contribution in [-0.4, -0.2) is 34.0 Å². The molecule has 0 saturated heterocycles. The molecule has 0 radical (unpaired) electrons. The average molecular weight is 449 g/mol. The Kier molecular flexibility index (Phi) is 5.69. The molecule has 0 aliphatic heterocycles. The van der Waals surface area contributed by atoms with Gasteiger partial charge in [0.05, 0.1) is 15.0 Å². The molecule has 0 unspecified atom stereocenters. The van der Waals surface area contributed by atoms with Gasteiger partial charge in [-0.3, -0.25) is 4.79 Å². The van der Waals surface area contributed by atoms with Crippen LogP contribution in [0.25, 0.3) is 0 Å². The fourth-order valence-corrected chi connectivity index (χ4v) is 6.82. The Morgan fingerprint density at radius 1 is 0.833 bits per heavy atom. The quantitative estimate of drug-likeness (QED) is 0.676. The zero-order chi connectivity index (χ0) is 21.4. The predicted molar refractivity (Wildman–Crippen MR) is 114 cm³/mol. The van der Waals surface area contributed by atoms with Crippen molar-refractivity contribution in [1.82, 2.24) is 4.72 Å². The highest BCUT2D eigenvalue weighted by Gasteiger charge is 2.30. The lowest BCUT2D eigenvalue weighted by molar-refractivity contribution is 0.102. The third-order valence-electron chi connectivity index (χ3n) is 5.49. The van der Waals surface area contributed by atoms with E-state index in [1.807, 2.05) is 0 Å². The van der Waals surface area contributed by atoms with E-state index >= 15 is 0 Å². The topological polar surface area (TPSA) is 109 Å². The summed E-state index contributed by atoms with van der Waals surface area (Å²) in [6, 6.07) is 11.9. The van der Waals surface area contributed by atoms with Crippen molar-refractivity contribution in [3.63, 3.8) is 0 Å². The van der Waals surface area contributed by atoms with E-state index in [2.05, 4.69) is 10.0 Å². The van der Waals surface area contributed by atoms with Crippen LogP contribution in [0.2, 0.25) is 0 Å². The summed E-state index contributed by atoms with van der Waals surface area (Å²) in [6.07, 6.45) is 4.90. The Hall–Kier alpha value is -2.23. The Labute approximate surface area is 176 Å². The van der Waals surface area contributed by atoms with E-state index < -0.39 is 25.8 Å². The van der Waals surface area contributed by atoms with Crippen LogP contribution in [0.3, 0.4) is 0 Å². The number of benzene rings is 2. The number of hydrogen-bond donors (Lipinski definition) is 2. The van der Waals surface area contributed by atoms with Gasteiger partial charge in [0.25, 0.3) is 5.91 Å². The number of carbonyl (C=O) groups excluding carboxylic acids is 1. The minimum atomic E-state index is -3.65. The molecule has 160 valence electrons. The van der Waals surface area contributed by atoms with Crippen molar-refractivity contribution in [3.05, 3.63) is 54.1 Å². The third kappa shape index (κ3) is 4.58. The Bertz CT molecular complexity index is 1150. The van der Waals surface area contributed by atoms with E-state index in [0.717, 1.165) is 25.7 Å². The minimum absolute atomic E-state index is 0.0218. The van der Waals surface area contributed by atoms with E-state index in [-0.39, 0.29) is 26.6 Å². The summed E-state index contributed by atoms with van der Waals surface area (Å²) in [7, 11) is -7.00. The highest BCUT2D eigenvalue weighted by atomic mass is 32.2. The molecule has 30 heavy (non-hydrogen) atoms. The largest absolute Gasteiger partial charge is 0.322 e. The fraction of sp³-hybridized carbons (Fsp3) is 0.381. The van der Waals surface area contributed by atoms with Crippen LogP contribution >= 0.6 is 0 Å². The van der Waals surface area contributed by atoms with Crippen LogP contribution in [0, 0.1) is 0 Å². The molecule has 0 spiro atoms. The lowest BCUT2D eigenvalue weighted by Gasteiger charge is -2.12. The third-order valence-corrected chi connectivity index (χ3v) is 9.28. The number of amides is 1. The Balaban J connectivity index is 1.47. The highest BCUT2D eigenvalue weighted by molar-refractivity contribution is 7.92. The van der Waals surface area contributed by atoms with Crippen LogP contribution in [0.15, 0.2) is 58.3 Å². The molecule has 4 rings (SSSR count). The van der Waals surface area contributed by atoms with E-state index in [0.29, 0.717) is 18.5 Å². The smallest absolute Gasteiger partial charge is 0.255 e. The van der Waals surface area contributed by atoms with Gasteiger partial charge in [-0.2, -0.15) is 0 Å². The molecule has 0 aromatic heterocycles. The molecule has 0 heterocycles. The molecule has 0 bridgehead atoms. The maximum atomic E-state index is 12.7. The van der Waals surface area contributed by atoms with Gasteiger partial charge in [0.2, 0.25) is 10.0 Å². The van der Waals surface area contributed by atoms with Gasteiger partial charge >= 0.3 is 0 Å². The number of hydrogen-bond acceptors (Lipinski definition) is 5. The molecule has 2 aliphatic rings. The normalized spacial score (nSPS) is 17.7. The maximum Gasteiger partial charge on any atom is 0.255 e. The molecule has 7 nitrogen and oxygen atoms in total. The zero-order valence-corrected chi connectivity index (χ0v) is 18.0. The molecule has 2 aromatic carbocycles. The number of carbonyl (C=O) groups is 1. The van der Waals surface area contributed by atoms with Crippen molar-refractivity contribution in [2.45, 2.75) is 59.6 Å². The molecule has 2 N–H and O–H groups in total. The molecule has 9 heteroatoms. The summed E-state index contributed by atoms with van der Waals surface area (Å²) in [5, 5.41) is 2.36. The average Bonchev–Trinajstić information content (AvgIpc) is 3.34. The van der Waals surface area contributed by atoms with Crippen LogP contribution in [-0.2, 0) is 19.9 Å². The van der Waals surface area contributed by atoms with Crippen molar-refractivity contribution in [1.29, 1.82) is 0 Å². The van der Waals surface area contributed by atoms with Crippen molar-refractivity contribution in [2.24, 2.45) is 0 Å². The lowest BCUT2D eigenvalue weighted by atomic mass is 10.2. The summed E-state index contributed by atoms with van der Waals surface area (Å²) in [5.41, 5.74) is 0.645. The van der Waals surface area contributed by atoms with Crippen LogP contribution < -0.4 is 10.0 Å². The summed E-state index contributed by atoms with van der Waals surface area (Å²) >= 11 is 0. The molecule has 2 aliphatic carbocycles. The van der Waals surface area contributed by atoms with Gasteiger partial charge in [-0.15, -0.1) is 0 Å². The first-order valence-electron chi connectivity index (χ1n) is 10.0. The highest BCUT2D eigenvalue weighted by Crippen LogP contribution is 2.30. The molecule has 2 aromatic rings. The standard InChI is InChI=1S/C21H24N2O5S2/c24-21(15-4-3-7-20(14-15)30(27,28)23-17-8-9-17)22-16-10-12-19(13-11-16)29(25,26)18-5-1-2-6-18/h3-4,7,10-14,17-18,23H,1-2,5-6,8-9H2,(H,22,24). The molecule has 0 atom stereocenters. The number of rotatable bonds is 7. The molecule has 1 amide bonds. The van der Waals surface area contributed by atoms with Gasteiger partial charge < -0.3 is 5.32 Å². The number of sulfone groups is 1. The second kappa shape index (κ2) is 8.13. The van der Waals surface area contributed by atoms with Gasteiger partial charge in [-0.05, 0) is 68.1 Å². The molecule has 2 fully saturated rings. The zero-order valence-electron chi connectivity index (χ0n) is 16.4. The fourth-order valence-electron chi connectivity index (χ4n) is 3.62. The van der Waals surface area contributed by atoms with E-state index in [1.165, 1.54) is 36.4 Å². The van der Waals surface area contributed by atoms with E-state index in [4.69, 9.17) is 0 Å². The van der Waals surface area contributed by atoms with Gasteiger partial charge in [0, 0.05) is 17.3 Å². The first kappa shape index (κ1) is 21.0. The van der Waals surface area contributed by atoms with Crippen LogP contribution in [0.4, 0.5) is 5.69 Å². The SMILES string of the molecule is O=C(Nc1ccc(S(=O)(=O)C2CCCC2)cc1)c1cccc(S(=O)(=O)NC2CC2)c1. The maximum absolute atomic E-state index is 12.7. The number of nitrogens with one attached hydrogen (secondary N) is 2. The second-order valence-corrected chi connectivity index (χ2v) is 11.8. The molecular formula is C21H24N2O5S2. The van der Waals surface area contributed by atoms with Crippen LogP contribution in [0.1, 0.15) is 48.9 Å². The van der Waals surface area contributed by atoms with Crippen molar-refractivity contribution in [3.8, 4) is 0 Å². The summed E-state index contributed by atoms with van der Waals surface area (Å²) in [4.78, 5) is 12.9. The van der Waals surface area contributed by atoms with Gasteiger partial charge in [0.1, 0.15) is 0 Å². The minimum Gasteiger partial charge on any atom is -0.322 e. The summed E-state index contributed by atoms with van der Waals surface area (Å²) in [5.74, 6) is -0.468. The summed E-state index contributed by atoms with van der Waals surface area (Å²) in [6.45, 7) is 0. The first-order chi connectivity index (χ1) is 14.3. The Morgan fingerprint density at radius 2 is 1.50 bits per heavy atom. The second-order valence-electron chi connectivity index (χ2n) is 7.85. The number of sulfonamides is 1. The monoisotopic (exact) mass is 448 g/mol. The van der Waals surface area contributed by atoms with Crippen molar-refractivity contribution < 1.29 is 21.6 Å². The van der Waals surface area contributed by atoms with E-state index in [9.17, 15) is 21.6 Å². The summed E-state index contributed by atoms with van der Waals surface area (Å²) < 4.78 is 52.6. The Morgan fingerprint density at radius 3 is 2.13 bits per heavy atom. The van der Waals surface area contributed by atoms with Crippen molar-refractivity contribution in [2.75, 3.05) is 5.32 Å². The molecular weight excluding hydrogens is 424 g/mol. The lowest BCUT2D eigenvalue weighted by Crippen LogP contribution is -2.26. The van der Waals surface area contributed by atoms with Crippen LogP contribution in [0.5, 0.6) is 0 Å². The number of anilines is 1. The van der Waals surface area contributed by atoms with E-state index in [1.54, 1.807) is 12.1 Å². The first-order valence-corrected chi connectivity index (χ1v) is 13.1. The van der Waals surface area contributed by atoms with Gasteiger partial charge in [0.15, 0.2) is 9.84 Å². The van der Waals surface area contributed by atoms with Gasteiger partial charge in [-0.25, -0.2) is 21.6 Å². The predicted octanol–water partition coefficient (Wildman–Crippen LogP) is 3.10. The molecule has 2 saturated carbocycles. The van der Waals surface area contributed by atoms with Crippen molar-refractivity contribution >= 4 is 31.5 Å².